The first-order valence-electron chi connectivity index (χ1n) is 4.79. The van der Waals surface area contributed by atoms with E-state index in [0.29, 0.717) is 5.56 Å². The van der Waals surface area contributed by atoms with Crippen LogP contribution in [0.2, 0.25) is 5.15 Å². The Bertz CT molecular complexity index is 542. The third-order valence-electron chi connectivity index (χ3n) is 2.06. The summed E-state index contributed by atoms with van der Waals surface area (Å²) in [4.78, 5) is 7.47. The average molecular weight is 254 g/mol. The molecule has 2 aromatic rings. The van der Waals surface area contributed by atoms with Crippen molar-refractivity contribution in [3.05, 3.63) is 40.8 Å². The molecule has 0 radical (unpaired) electrons. The number of benzene rings is 1. The molecule has 0 saturated heterocycles. The van der Waals surface area contributed by atoms with Crippen molar-refractivity contribution in [3.63, 3.8) is 0 Å². The maximum atomic E-state index is 13.7. The Hall–Kier alpha value is -1.88. The quantitative estimate of drug-likeness (QED) is 0.836. The number of anilines is 1. The van der Waals surface area contributed by atoms with Crippen LogP contribution in [0.3, 0.4) is 0 Å². The topological polar surface area (TPSA) is 61.0 Å². The first kappa shape index (κ1) is 11.6. The molecule has 0 unspecified atom stereocenters. The van der Waals surface area contributed by atoms with E-state index in [9.17, 15) is 4.39 Å². The van der Waals surface area contributed by atoms with Crippen molar-refractivity contribution in [2.45, 2.75) is 6.92 Å². The van der Waals surface area contributed by atoms with Crippen LogP contribution in [-0.2, 0) is 0 Å². The Balaban J connectivity index is 2.34. The van der Waals surface area contributed by atoms with Crippen LogP contribution >= 0.6 is 11.6 Å². The fourth-order valence-electron chi connectivity index (χ4n) is 1.28. The highest BCUT2D eigenvalue weighted by Crippen LogP contribution is 2.26. The van der Waals surface area contributed by atoms with Gasteiger partial charge in [-0.15, -0.1) is 0 Å². The van der Waals surface area contributed by atoms with Gasteiger partial charge in [0, 0.05) is 6.07 Å². The summed E-state index contributed by atoms with van der Waals surface area (Å²) < 4.78 is 18.9. The van der Waals surface area contributed by atoms with E-state index in [2.05, 4.69) is 9.97 Å². The third-order valence-corrected chi connectivity index (χ3v) is 2.25. The number of halogens is 2. The van der Waals surface area contributed by atoms with E-state index in [-0.39, 0.29) is 22.7 Å². The van der Waals surface area contributed by atoms with Gasteiger partial charge in [-0.2, -0.15) is 4.98 Å². The maximum Gasteiger partial charge on any atom is 0.225 e. The van der Waals surface area contributed by atoms with E-state index < -0.39 is 5.82 Å². The molecule has 0 aliphatic heterocycles. The fraction of sp³-hybridized carbons (Fsp3) is 0.0909. The van der Waals surface area contributed by atoms with Crippen molar-refractivity contribution in [1.29, 1.82) is 0 Å². The van der Waals surface area contributed by atoms with Gasteiger partial charge in [0.05, 0.1) is 0 Å². The molecule has 2 rings (SSSR count). The van der Waals surface area contributed by atoms with E-state index in [1.54, 1.807) is 19.1 Å². The van der Waals surface area contributed by atoms with Gasteiger partial charge in [0.2, 0.25) is 11.8 Å². The van der Waals surface area contributed by atoms with E-state index in [1.165, 1.54) is 12.1 Å². The van der Waals surface area contributed by atoms with Gasteiger partial charge in [0.15, 0.2) is 11.6 Å². The van der Waals surface area contributed by atoms with E-state index in [0.717, 1.165) is 0 Å². The Kier molecular flexibility index (Phi) is 3.10. The van der Waals surface area contributed by atoms with Gasteiger partial charge in [0.25, 0.3) is 0 Å². The lowest BCUT2D eigenvalue weighted by Crippen LogP contribution is -1.98. The summed E-state index contributed by atoms with van der Waals surface area (Å²) in [6, 6.07) is 6.18. The second-order valence-electron chi connectivity index (χ2n) is 3.38. The number of nitrogens with two attached hydrogens (primary N) is 1. The molecule has 2 N–H and O–H groups in total. The largest absolute Gasteiger partial charge is 0.436 e. The summed E-state index contributed by atoms with van der Waals surface area (Å²) in [6.45, 7) is 1.64. The molecular weight excluding hydrogens is 245 g/mol. The lowest BCUT2D eigenvalue weighted by Gasteiger charge is -2.07. The second kappa shape index (κ2) is 4.55. The Morgan fingerprint density at radius 3 is 2.82 bits per heavy atom. The zero-order valence-corrected chi connectivity index (χ0v) is 9.70. The predicted octanol–water partition coefficient (Wildman–Crippen LogP) is 2.95. The predicted molar refractivity (Wildman–Crippen MR) is 62.7 cm³/mol. The zero-order valence-electron chi connectivity index (χ0n) is 8.95. The van der Waals surface area contributed by atoms with Crippen LogP contribution in [-0.4, -0.2) is 9.97 Å². The van der Waals surface area contributed by atoms with Gasteiger partial charge in [-0.1, -0.05) is 23.7 Å². The monoisotopic (exact) mass is 253 g/mol. The van der Waals surface area contributed by atoms with E-state index in [4.69, 9.17) is 22.1 Å². The molecule has 1 aromatic carbocycles. The summed E-state index contributed by atoms with van der Waals surface area (Å²) in [5.74, 6) is -0.299. The Morgan fingerprint density at radius 1 is 1.35 bits per heavy atom. The number of hydrogen-bond acceptors (Lipinski definition) is 4. The standard InChI is InChI=1S/C11H9ClFN3O/c1-6-3-2-4-7(10(6)13)17-9-5-8(12)15-11(14)16-9/h2-5H,1H3,(H2,14,15,16). The number of aryl methyl sites for hydroxylation is 1. The highest BCUT2D eigenvalue weighted by atomic mass is 35.5. The number of rotatable bonds is 2. The molecule has 1 heterocycles. The smallest absolute Gasteiger partial charge is 0.225 e. The number of nitrogen functional groups attached to an aromatic ring is 1. The Morgan fingerprint density at radius 2 is 2.12 bits per heavy atom. The molecule has 0 atom stereocenters. The fourth-order valence-corrected chi connectivity index (χ4v) is 1.46. The average Bonchev–Trinajstić information content (AvgIpc) is 2.23. The summed E-state index contributed by atoms with van der Waals surface area (Å²) in [5, 5.41) is 0.139. The van der Waals surface area contributed by atoms with Crippen molar-refractivity contribution < 1.29 is 9.13 Å². The molecular formula is C11H9ClFN3O. The highest BCUT2D eigenvalue weighted by Gasteiger charge is 2.09. The van der Waals surface area contributed by atoms with Gasteiger partial charge in [-0.05, 0) is 18.6 Å². The molecule has 0 fully saturated rings. The number of nitrogens with zero attached hydrogens (tertiary/aromatic N) is 2. The van der Waals surface area contributed by atoms with Crippen LogP contribution in [0, 0.1) is 12.7 Å². The molecule has 17 heavy (non-hydrogen) atoms. The van der Waals surface area contributed by atoms with Gasteiger partial charge in [0.1, 0.15) is 5.15 Å². The molecule has 0 saturated carbocycles. The van der Waals surface area contributed by atoms with Crippen LogP contribution in [0.15, 0.2) is 24.3 Å². The first-order valence-corrected chi connectivity index (χ1v) is 5.17. The summed E-state index contributed by atoms with van der Waals surface area (Å²) in [5.41, 5.74) is 5.88. The van der Waals surface area contributed by atoms with Gasteiger partial charge >= 0.3 is 0 Å². The van der Waals surface area contributed by atoms with Crippen molar-refractivity contribution in [3.8, 4) is 11.6 Å². The van der Waals surface area contributed by atoms with E-state index in [1.807, 2.05) is 0 Å². The van der Waals surface area contributed by atoms with Crippen LogP contribution in [0.5, 0.6) is 11.6 Å². The zero-order chi connectivity index (χ0) is 12.4. The maximum absolute atomic E-state index is 13.7. The molecule has 0 aliphatic rings. The van der Waals surface area contributed by atoms with Crippen molar-refractivity contribution in [1.82, 2.24) is 9.97 Å². The second-order valence-corrected chi connectivity index (χ2v) is 3.76. The highest BCUT2D eigenvalue weighted by molar-refractivity contribution is 6.29. The summed E-state index contributed by atoms with van der Waals surface area (Å²) >= 11 is 5.68. The minimum absolute atomic E-state index is 0.0273. The summed E-state index contributed by atoms with van der Waals surface area (Å²) in [6.07, 6.45) is 0. The molecule has 4 nitrogen and oxygen atoms in total. The minimum atomic E-state index is -0.444. The molecule has 88 valence electrons. The number of aromatic nitrogens is 2. The van der Waals surface area contributed by atoms with Gasteiger partial charge in [-0.3, -0.25) is 0 Å². The lowest BCUT2D eigenvalue weighted by molar-refractivity contribution is 0.425. The minimum Gasteiger partial charge on any atom is -0.436 e. The number of ether oxygens (including phenoxy) is 1. The molecule has 1 aromatic heterocycles. The number of hydrogen-bond donors (Lipinski definition) is 1. The van der Waals surface area contributed by atoms with E-state index >= 15 is 0 Å². The molecule has 0 amide bonds. The first-order chi connectivity index (χ1) is 8.06. The normalized spacial score (nSPS) is 10.3. The Labute approximate surface area is 102 Å². The summed E-state index contributed by atoms with van der Waals surface area (Å²) in [7, 11) is 0. The molecule has 0 aliphatic carbocycles. The van der Waals surface area contributed by atoms with Crippen LogP contribution < -0.4 is 10.5 Å². The SMILES string of the molecule is Cc1cccc(Oc2cc(Cl)nc(N)n2)c1F. The third kappa shape index (κ3) is 2.62. The van der Waals surface area contributed by atoms with Crippen molar-refractivity contribution in [2.75, 3.05) is 5.73 Å². The van der Waals surface area contributed by atoms with Crippen molar-refractivity contribution in [2.24, 2.45) is 0 Å². The van der Waals surface area contributed by atoms with Crippen LogP contribution in [0.4, 0.5) is 10.3 Å². The lowest BCUT2D eigenvalue weighted by atomic mass is 10.2. The van der Waals surface area contributed by atoms with Crippen LogP contribution in [0.25, 0.3) is 0 Å². The van der Waals surface area contributed by atoms with Crippen molar-refractivity contribution >= 4 is 17.5 Å². The molecule has 0 spiro atoms. The molecule has 0 bridgehead atoms. The van der Waals surface area contributed by atoms with Gasteiger partial charge < -0.3 is 10.5 Å². The van der Waals surface area contributed by atoms with Crippen LogP contribution in [0.1, 0.15) is 5.56 Å². The molecule has 6 heteroatoms. The van der Waals surface area contributed by atoms with Gasteiger partial charge in [-0.25, -0.2) is 9.37 Å².